The van der Waals surface area contributed by atoms with Gasteiger partial charge in [-0.3, -0.25) is 9.36 Å². The molecule has 0 radical (unpaired) electrons. The van der Waals surface area contributed by atoms with E-state index in [0.29, 0.717) is 41.4 Å². The highest BCUT2D eigenvalue weighted by molar-refractivity contribution is 7.99. The molecule has 0 spiro atoms. The number of aryl methyl sites for hydroxylation is 1. The Bertz CT molecular complexity index is 1070. The van der Waals surface area contributed by atoms with Crippen LogP contribution in [-0.4, -0.2) is 51.5 Å². The molecule has 0 fully saturated rings. The molecule has 0 N–H and O–H groups in total. The number of rotatable bonds is 12. The number of carbonyl (C=O) groups excluding carboxylic acids is 1. The Morgan fingerprint density at radius 1 is 1.18 bits per heavy atom. The van der Waals surface area contributed by atoms with Crippen LogP contribution in [0.1, 0.15) is 11.4 Å². The summed E-state index contributed by atoms with van der Waals surface area (Å²) >= 11 is 7.21. The molecule has 174 valence electrons. The van der Waals surface area contributed by atoms with Crippen LogP contribution in [0, 0.1) is 6.92 Å². The topological polar surface area (TPSA) is 69.5 Å². The average Bonchev–Trinajstić information content (AvgIpc) is 3.19. The van der Waals surface area contributed by atoms with Crippen molar-refractivity contribution in [1.29, 1.82) is 0 Å². The Kier molecular flexibility index (Phi) is 9.21. The maximum absolute atomic E-state index is 12.6. The Morgan fingerprint density at radius 3 is 2.70 bits per heavy atom. The summed E-state index contributed by atoms with van der Waals surface area (Å²) in [6.07, 6.45) is 1.77. The van der Waals surface area contributed by atoms with E-state index in [1.165, 1.54) is 11.8 Å². The van der Waals surface area contributed by atoms with E-state index < -0.39 is 0 Å². The number of nitrogens with zero attached hydrogens (tertiary/aromatic N) is 4. The van der Waals surface area contributed by atoms with Gasteiger partial charge in [0.15, 0.2) is 11.0 Å². The minimum Gasteiger partial charge on any atom is -0.492 e. The van der Waals surface area contributed by atoms with Crippen LogP contribution in [0.2, 0.25) is 5.02 Å². The second-order valence-electron chi connectivity index (χ2n) is 7.31. The van der Waals surface area contributed by atoms with Crippen LogP contribution in [0.3, 0.4) is 0 Å². The zero-order chi connectivity index (χ0) is 23.6. The molecule has 9 heteroatoms. The fourth-order valence-corrected chi connectivity index (χ4v) is 3.92. The van der Waals surface area contributed by atoms with Crippen molar-refractivity contribution in [2.45, 2.75) is 25.2 Å². The molecule has 0 bridgehead atoms. The molecule has 0 aliphatic carbocycles. The highest BCUT2D eigenvalue weighted by Crippen LogP contribution is 2.20. The predicted octanol–water partition coefficient (Wildman–Crippen LogP) is 4.63. The number of aromatic nitrogens is 3. The van der Waals surface area contributed by atoms with E-state index in [-0.39, 0.29) is 18.3 Å². The molecule has 0 saturated heterocycles. The monoisotopic (exact) mass is 486 g/mol. The molecular formula is C24H27ClN4O3S. The third-order valence-corrected chi connectivity index (χ3v) is 5.93. The second kappa shape index (κ2) is 12.3. The number of thioether (sulfide) groups is 1. The van der Waals surface area contributed by atoms with Crippen LogP contribution in [-0.2, 0) is 17.9 Å². The molecule has 2 aromatic carbocycles. The van der Waals surface area contributed by atoms with Crippen molar-refractivity contribution < 1.29 is 14.3 Å². The predicted molar refractivity (Wildman–Crippen MR) is 131 cm³/mol. The number of amides is 1. The number of halogens is 1. The van der Waals surface area contributed by atoms with Crippen molar-refractivity contribution in [3.8, 4) is 11.5 Å². The first-order valence-electron chi connectivity index (χ1n) is 10.4. The van der Waals surface area contributed by atoms with E-state index in [9.17, 15) is 4.79 Å². The second-order valence-corrected chi connectivity index (χ2v) is 8.69. The first-order valence-corrected chi connectivity index (χ1v) is 11.8. The van der Waals surface area contributed by atoms with Crippen molar-refractivity contribution in [3.63, 3.8) is 0 Å². The van der Waals surface area contributed by atoms with Gasteiger partial charge in [-0.25, -0.2) is 0 Å². The molecule has 1 amide bonds. The molecular weight excluding hydrogens is 460 g/mol. The summed E-state index contributed by atoms with van der Waals surface area (Å²) in [5.74, 6) is 2.38. The van der Waals surface area contributed by atoms with Crippen LogP contribution in [0.15, 0.2) is 66.3 Å². The van der Waals surface area contributed by atoms with Crippen LogP contribution in [0.4, 0.5) is 0 Å². The summed E-state index contributed by atoms with van der Waals surface area (Å²) < 4.78 is 13.4. The summed E-state index contributed by atoms with van der Waals surface area (Å²) in [6, 6.07) is 15.0. The maximum Gasteiger partial charge on any atom is 0.232 e. The fraction of sp³-hybridized carbons (Fsp3) is 0.292. The molecule has 3 aromatic rings. The van der Waals surface area contributed by atoms with Crippen molar-refractivity contribution in [1.82, 2.24) is 19.7 Å². The fourth-order valence-electron chi connectivity index (χ4n) is 2.89. The van der Waals surface area contributed by atoms with Gasteiger partial charge in [0.1, 0.15) is 24.7 Å². The number of ether oxygens (including phenoxy) is 2. The van der Waals surface area contributed by atoms with E-state index in [0.717, 1.165) is 11.3 Å². The lowest BCUT2D eigenvalue weighted by Crippen LogP contribution is -2.32. The molecule has 0 saturated carbocycles. The molecule has 3 rings (SSSR count). The van der Waals surface area contributed by atoms with Crippen LogP contribution < -0.4 is 9.47 Å². The lowest BCUT2D eigenvalue weighted by atomic mass is 10.2. The van der Waals surface area contributed by atoms with Gasteiger partial charge in [-0.15, -0.1) is 16.8 Å². The van der Waals surface area contributed by atoms with E-state index in [4.69, 9.17) is 21.1 Å². The molecule has 1 heterocycles. The summed E-state index contributed by atoms with van der Waals surface area (Å²) in [4.78, 5) is 14.2. The van der Waals surface area contributed by atoms with Gasteiger partial charge in [0.25, 0.3) is 0 Å². The zero-order valence-electron chi connectivity index (χ0n) is 18.7. The highest BCUT2D eigenvalue weighted by Gasteiger charge is 2.16. The molecule has 1 aromatic heterocycles. The Labute approximate surface area is 203 Å². The Morgan fingerprint density at radius 2 is 1.97 bits per heavy atom. The first-order chi connectivity index (χ1) is 16.0. The minimum atomic E-state index is -0.0228. The van der Waals surface area contributed by atoms with Gasteiger partial charge < -0.3 is 14.4 Å². The van der Waals surface area contributed by atoms with E-state index in [2.05, 4.69) is 16.8 Å². The number of carbonyl (C=O) groups is 1. The van der Waals surface area contributed by atoms with E-state index >= 15 is 0 Å². The van der Waals surface area contributed by atoms with Crippen LogP contribution in [0.5, 0.6) is 11.5 Å². The summed E-state index contributed by atoms with van der Waals surface area (Å²) in [5, 5.41) is 9.80. The van der Waals surface area contributed by atoms with Crippen LogP contribution in [0.25, 0.3) is 0 Å². The number of allylic oxidation sites excluding steroid dienone is 1. The number of hydrogen-bond acceptors (Lipinski definition) is 6. The van der Waals surface area contributed by atoms with Crippen molar-refractivity contribution in [3.05, 3.63) is 77.6 Å². The number of hydrogen-bond donors (Lipinski definition) is 0. The highest BCUT2D eigenvalue weighted by atomic mass is 35.5. The van der Waals surface area contributed by atoms with Gasteiger partial charge in [-0.05, 0) is 48.9 Å². The quantitative estimate of drug-likeness (QED) is 0.274. The summed E-state index contributed by atoms with van der Waals surface area (Å²) in [6.45, 7) is 7.49. The molecule has 0 aliphatic rings. The molecule has 33 heavy (non-hydrogen) atoms. The number of likely N-dealkylation sites (N-methyl/N-ethyl adjacent to an activating group) is 1. The smallest absolute Gasteiger partial charge is 0.232 e. The largest absolute Gasteiger partial charge is 0.492 e. The molecule has 7 nitrogen and oxygen atoms in total. The van der Waals surface area contributed by atoms with E-state index in [1.54, 1.807) is 42.3 Å². The standard InChI is InChI=1S/C24H27ClN4O3S/c1-4-12-29-22(16-32-21-7-5-6-18(2)15-21)26-27-24(29)33-17-23(30)28(3)13-14-31-20-10-8-19(25)9-11-20/h4-11,15H,1,12-14,16-17H2,2-3H3. The van der Waals surface area contributed by atoms with Crippen LogP contribution >= 0.6 is 23.4 Å². The van der Waals surface area contributed by atoms with Gasteiger partial charge in [0.2, 0.25) is 5.91 Å². The van der Waals surface area contributed by atoms with Gasteiger partial charge in [0, 0.05) is 18.6 Å². The summed E-state index contributed by atoms with van der Waals surface area (Å²) in [7, 11) is 1.75. The van der Waals surface area contributed by atoms with Gasteiger partial charge in [-0.2, -0.15) is 0 Å². The minimum absolute atomic E-state index is 0.0228. The maximum atomic E-state index is 12.6. The Balaban J connectivity index is 1.50. The zero-order valence-corrected chi connectivity index (χ0v) is 20.3. The van der Waals surface area contributed by atoms with E-state index in [1.807, 2.05) is 35.8 Å². The summed E-state index contributed by atoms with van der Waals surface area (Å²) in [5.41, 5.74) is 1.12. The normalized spacial score (nSPS) is 10.6. The number of benzene rings is 2. The lowest BCUT2D eigenvalue weighted by molar-refractivity contribution is -0.127. The van der Waals surface area contributed by atoms with Crippen molar-refractivity contribution in [2.75, 3.05) is 26.0 Å². The van der Waals surface area contributed by atoms with Crippen molar-refractivity contribution >= 4 is 29.3 Å². The SMILES string of the molecule is C=CCn1c(COc2cccc(C)c2)nnc1SCC(=O)N(C)CCOc1ccc(Cl)cc1. The molecule has 0 aliphatic heterocycles. The molecule has 0 atom stereocenters. The third kappa shape index (κ3) is 7.54. The van der Waals surface area contributed by atoms with Gasteiger partial charge >= 0.3 is 0 Å². The lowest BCUT2D eigenvalue weighted by Gasteiger charge is -2.17. The molecule has 0 unspecified atom stereocenters. The van der Waals surface area contributed by atoms with Gasteiger partial charge in [-0.1, -0.05) is 41.6 Å². The Hall–Kier alpha value is -2.97. The average molecular weight is 487 g/mol. The van der Waals surface area contributed by atoms with Gasteiger partial charge in [0.05, 0.1) is 12.3 Å². The first kappa shape index (κ1) is 24.7. The third-order valence-electron chi connectivity index (χ3n) is 4.72. The van der Waals surface area contributed by atoms with Crippen molar-refractivity contribution in [2.24, 2.45) is 0 Å².